The Morgan fingerprint density at radius 1 is 1.00 bits per heavy atom. The summed E-state index contributed by atoms with van der Waals surface area (Å²) in [6.45, 7) is 3.83. The van der Waals surface area contributed by atoms with Crippen LogP contribution < -0.4 is 4.90 Å². The number of amides is 1. The van der Waals surface area contributed by atoms with Crippen molar-refractivity contribution >= 4 is 39.1 Å². The van der Waals surface area contributed by atoms with Crippen LogP contribution >= 0.6 is 15.9 Å². The number of aliphatic hydroxyl groups is 1. The second-order valence-electron chi connectivity index (χ2n) is 7.25. The van der Waals surface area contributed by atoms with Gasteiger partial charge in [0.2, 0.25) is 0 Å². The number of aliphatic hydroxyl groups excluding tert-OH is 1. The van der Waals surface area contributed by atoms with Crippen molar-refractivity contribution in [3.05, 3.63) is 99.3 Å². The molecule has 2 aromatic carbocycles. The zero-order chi connectivity index (χ0) is 21.4. The van der Waals surface area contributed by atoms with Crippen LogP contribution in [0.3, 0.4) is 0 Å². The molecule has 30 heavy (non-hydrogen) atoms. The predicted molar refractivity (Wildman–Crippen MR) is 119 cm³/mol. The van der Waals surface area contributed by atoms with Crippen LogP contribution in [0.4, 0.5) is 5.69 Å². The minimum atomic E-state index is -0.753. The molecule has 0 aliphatic carbocycles. The third-order valence-corrected chi connectivity index (χ3v) is 5.74. The smallest absolute Gasteiger partial charge is 0.300 e. The number of anilines is 1. The van der Waals surface area contributed by atoms with E-state index in [0.717, 1.165) is 15.6 Å². The summed E-state index contributed by atoms with van der Waals surface area (Å²) < 4.78 is 0.848. The highest BCUT2D eigenvalue weighted by Gasteiger charge is 2.47. The Morgan fingerprint density at radius 3 is 2.33 bits per heavy atom. The monoisotopic (exact) mass is 462 g/mol. The minimum Gasteiger partial charge on any atom is -0.507 e. The number of hydrogen-bond donors (Lipinski definition) is 1. The number of aromatic nitrogens is 1. The van der Waals surface area contributed by atoms with Gasteiger partial charge in [-0.05, 0) is 60.9 Å². The molecule has 5 nitrogen and oxygen atoms in total. The normalized spacial score (nSPS) is 18.1. The number of halogens is 1. The van der Waals surface area contributed by atoms with Gasteiger partial charge in [-0.15, -0.1) is 0 Å². The molecular weight excluding hydrogens is 444 g/mol. The molecule has 1 amide bonds. The Hall–Kier alpha value is -3.25. The largest absolute Gasteiger partial charge is 0.507 e. The van der Waals surface area contributed by atoms with Crippen molar-refractivity contribution in [1.82, 2.24) is 4.98 Å². The van der Waals surface area contributed by atoms with E-state index in [9.17, 15) is 14.7 Å². The lowest BCUT2D eigenvalue weighted by Gasteiger charge is -2.27. The predicted octanol–water partition coefficient (Wildman–Crippen LogP) is 5.09. The van der Waals surface area contributed by atoms with Gasteiger partial charge in [0, 0.05) is 28.1 Å². The molecule has 1 atom stereocenters. The quantitative estimate of drug-likeness (QED) is 0.334. The number of pyridine rings is 1. The number of ketones is 1. The van der Waals surface area contributed by atoms with Crippen molar-refractivity contribution in [2.24, 2.45) is 0 Å². The number of carbonyl (C=O) groups is 2. The van der Waals surface area contributed by atoms with Crippen molar-refractivity contribution in [1.29, 1.82) is 0 Å². The molecule has 1 aliphatic rings. The van der Waals surface area contributed by atoms with E-state index in [-0.39, 0.29) is 11.3 Å². The van der Waals surface area contributed by atoms with E-state index in [1.165, 1.54) is 4.90 Å². The molecule has 1 saturated heterocycles. The molecule has 1 aromatic heterocycles. The zero-order valence-electron chi connectivity index (χ0n) is 16.5. The fourth-order valence-corrected chi connectivity index (χ4v) is 3.95. The fourth-order valence-electron chi connectivity index (χ4n) is 3.68. The standard InChI is InChI=1S/C24H19BrN2O3/c1-14-3-4-15(2)19(13-14)27-21(16-9-11-26-12-10-16)20(23(29)24(27)30)22(28)17-5-7-18(25)8-6-17/h3-13,21,28H,1-2H3/b22-20+. The van der Waals surface area contributed by atoms with Crippen LogP contribution in [0.25, 0.3) is 5.76 Å². The Kier molecular flexibility index (Phi) is 5.26. The second-order valence-corrected chi connectivity index (χ2v) is 8.16. The summed E-state index contributed by atoms with van der Waals surface area (Å²) in [7, 11) is 0. The average Bonchev–Trinajstić information content (AvgIpc) is 3.01. The van der Waals surface area contributed by atoms with Gasteiger partial charge in [-0.25, -0.2) is 0 Å². The van der Waals surface area contributed by atoms with Crippen LogP contribution in [0.1, 0.15) is 28.3 Å². The van der Waals surface area contributed by atoms with E-state index in [2.05, 4.69) is 20.9 Å². The summed E-state index contributed by atoms with van der Waals surface area (Å²) >= 11 is 3.37. The van der Waals surface area contributed by atoms with Crippen LogP contribution in [0.15, 0.2) is 77.0 Å². The Balaban J connectivity index is 1.97. The van der Waals surface area contributed by atoms with Gasteiger partial charge in [0.15, 0.2) is 0 Å². The van der Waals surface area contributed by atoms with Gasteiger partial charge in [-0.1, -0.05) is 40.2 Å². The molecule has 0 bridgehead atoms. The first-order valence-corrected chi connectivity index (χ1v) is 10.2. The van der Waals surface area contributed by atoms with Crippen molar-refractivity contribution < 1.29 is 14.7 Å². The van der Waals surface area contributed by atoms with E-state index in [0.29, 0.717) is 16.8 Å². The molecule has 4 rings (SSSR count). The number of benzene rings is 2. The highest BCUT2D eigenvalue weighted by Crippen LogP contribution is 2.43. The lowest BCUT2D eigenvalue weighted by Crippen LogP contribution is -2.30. The molecule has 6 heteroatoms. The van der Waals surface area contributed by atoms with Crippen molar-refractivity contribution in [3.63, 3.8) is 0 Å². The molecule has 1 N–H and O–H groups in total. The lowest BCUT2D eigenvalue weighted by atomic mass is 9.95. The van der Waals surface area contributed by atoms with Crippen LogP contribution in [-0.2, 0) is 9.59 Å². The van der Waals surface area contributed by atoms with Crippen LogP contribution in [0, 0.1) is 13.8 Å². The van der Waals surface area contributed by atoms with Gasteiger partial charge >= 0.3 is 0 Å². The zero-order valence-corrected chi connectivity index (χ0v) is 18.1. The highest BCUT2D eigenvalue weighted by atomic mass is 79.9. The molecule has 150 valence electrons. The van der Waals surface area contributed by atoms with Crippen LogP contribution in [0.5, 0.6) is 0 Å². The van der Waals surface area contributed by atoms with Gasteiger partial charge in [-0.2, -0.15) is 0 Å². The fraction of sp³-hybridized carbons (Fsp3) is 0.125. The van der Waals surface area contributed by atoms with E-state index in [1.807, 2.05) is 32.0 Å². The first kappa shape index (κ1) is 20.0. The number of hydrogen-bond acceptors (Lipinski definition) is 4. The number of aryl methyl sites for hydroxylation is 2. The molecular formula is C24H19BrN2O3. The summed E-state index contributed by atoms with van der Waals surface area (Å²) in [6.07, 6.45) is 3.22. The van der Waals surface area contributed by atoms with Gasteiger partial charge < -0.3 is 5.11 Å². The molecule has 0 radical (unpaired) electrons. The van der Waals surface area contributed by atoms with Crippen LogP contribution in [0.2, 0.25) is 0 Å². The van der Waals surface area contributed by atoms with Gasteiger partial charge in [-0.3, -0.25) is 19.5 Å². The molecule has 1 fully saturated rings. The van der Waals surface area contributed by atoms with E-state index in [4.69, 9.17) is 0 Å². The number of rotatable bonds is 3. The lowest BCUT2D eigenvalue weighted by molar-refractivity contribution is -0.132. The second kappa shape index (κ2) is 7.88. The summed E-state index contributed by atoms with van der Waals surface area (Å²) in [5, 5.41) is 11.1. The Labute approximate surface area is 182 Å². The van der Waals surface area contributed by atoms with Crippen molar-refractivity contribution in [2.45, 2.75) is 19.9 Å². The summed E-state index contributed by atoms with van der Waals surface area (Å²) in [5.41, 5.74) is 3.72. The molecule has 3 aromatic rings. The van der Waals surface area contributed by atoms with Gasteiger partial charge in [0.25, 0.3) is 11.7 Å². The third kappa shape index (κ3) is 3.44. The number of carbonyl (C=O) groups excluding carboxylic acids is 2. The number of nitrogens with zero attached hydrogens (tertiary/aromatic N) is 2. The van der Waals surface area contributed by atoms with Crippen LogP contribution in [-0.4, -0.2) is 21.8 Å². The summed E-state index contributed by atoms with van der Waals surface area (Å²) in [5.74, 6) is -1.57. The molecule has 1 aliphatic heterocycles. The third-order valence-electron chi connectivity index (χ3n) is 5.21. The molecule has 1 unspecified atom stereocenters. The van der Waals surface area contributed by atoms with E-state index in [1.54, 1.807) is 48.8 Å². The molecule has 0 saturated carbocycles. The Morgan fingerprint density at radius 2 is 1.67 bits per heavy atom. The SMILES string of the molecule is Cc1ccc(C)c(N2C(=O)C(=O)/C(=C(/O)c3ccc(Br)cc3)C2c2ccncc2)c1. The summed E-state index contributed by atoms with van der Waals surface area (Å²) in [4.78, 5) is 31.8. The first-order chi connectivity index (χ1) is 14.4. The molecule has 0 spiro atoms. The maximum Gasteiger partial charge on any atom is 0.300 e. The first-order valence-electron chi connectivity index (χ1n) is 9.42. The molecule has 2 heterocycles. The highest BCUT2D eigenvalue weighted by molar-refractivity contribution is 9.10. The van der Waals surface area contributed by atoms with Gasteiger partial charge in [0.1, 0.15) is 5.76 Å². The minimum absolute atomic E-state index is 0.0643. The average molecular weight is 463 g/mol. The van der Waals surface area contributed by atoms with Gasteiger partial charge in [0.05, 0.1) is 11.6 Å². The van der Waals surface area contributed by atoms with Crippen molar-refractivity contribution in [3.8, 4) is 0 Å². The van der Waals surface area contributed by atoms with Crippen molar-refractivity contribution in [2.75, 3.05) is 4.90 Å². The van der Waals surface area contributed by atoms with E-state index >= 15 is 0 Å². The summed E-state index contributed by atoms with van der Waals surface area (Å²) in [6, 6.07) is 15.5. The number of Topliss-reactive ketones (excluding diaryl/α,β-unsaturated/α-hetero) is 1. The maximum atomic E-state index is 13.2. The maximum absolute atomic E-state index is 13.2. The topological polar surface area (TPSA) is 70.5 Å². The van der Waals surface area contributed by atoms with E-state index < -0.39 is 17.7 Å². The Bertz CT molecular complexity index is 1170.